The standard InChI is InChI=1S/C23H19NO4/c1-2-27-21-11-7-15-5-3-4-6-17(15)18(21)9-10-20(25)16-8-12-22-19(13-16)24-23(26)14-28-22/h3-13H,2,14H2,1H3,(H,24,26)/b10-9+. The Balaban J connectivity index is 1.67. The van der Waals surface area contributed by atoms with Crippen LogP contribution >= 0.6 is 0 Å². The molecule has 0 aromatic heterocycles. The lowest BCUT2D eigenvalue weighted by Crippen LogP contribution is -2.25. The van der Waals surface area contributed by atoms with Crippen LogP contribution in [0.25, 0.3) is 16.8 Å². The maximum Gasteiger partial charge on any atom is 0.262 e. The van der Waals surface area contributed by atoms with E-state index >= 15 is 0 Å². The molecule has 1 aliphatic rings. The zero-order valence-corrected chi connectivity index (χ0v) is 15.4. The third kappa shape index (κ3) is 3.47. The fraction of sp³-hybridized carbons (Fsp3) is 0.130. The van der Waals surface area contributed by atoms with Gasteiger partial charge in [0.2, 0.25) is 0 Å². The zero-order valence-electron chi connectivity index (χ0n) is 15.4. The number of anilines is 1. The van der Waals surface area contributed by atoms with Crippen molar-refractivity contribution in [3.05, 3.63) is 71.8 Å². The van der Waals surface area contributed by atoms with Crippen LogP contribution < -0.4 is 14.8 Å². The molecule has 0 saturated heterocycles. The van der Waals surface area contributed by atoms with Gasteiger partial charge in [-0.1, -0.05) is 30.3 Å². The SMILES string of the molecule is CCOc1ccc2ccccc2c1/C=C/C(=O)c1ccc2c(c1)NC(=O)CO2. The summed E-state index contributed by atoms with van der Waals surface area (Å²) in [4.78, 5) is 24.2. The number of rotatable bonds is 5. The van der Waals surface area contributed by atoms with E-state index in [-0.39, 0.29) is 18.3 Å². The molecular weight excluding hydrogens is 354 g/mol. The maximum absolute atomic E-state index is 12.7. The average Bonchev–Trinajstić information content (AvgIpc) is 2.72. The minimum absolute atomic E-state index is 0.0124. The summed E-state index contributed by atoms with van der Waals surface area (Å²) in [5, 5.41) is 4.81. The fourth-order valence-corrected chi connectivity index (χ4v) is 3.22. The molecule has 4 rings (SSSR count). The molecule has 1 heterocycles. The highest BCUT2D eigenvalue weighted by atomic mass is 16.5. The second-order valence-electron chi connectivity index (χ2n) is 6.38. The van der Waals surface area contributed by atoms with Crippen LogP contribution in [0.5, 0.6) is 11.5 Å². The van der Waals surface area contributed by atoms with Crippen molar-refractivity contribution in [2.24, 2.45) is 0 Å². The third-order valence-corrected chi connectivity index (χ3v) is 4.53. The largest absolute Gasteiger partial charge is 0.493 e. The Bertz CT molecular complexity index is 1100. The van der Waals surface area contributed by atoms with Gasteiger partial charge in [-0.15, -0.1) is 0 Å². The second-order valence-corrected chi connectivity index (χ2v) is 6.38. The first-order chi connectivity index (χ1) is 13.7. The maximum atomic E-state index is 12.7. The molecule has 0 aliphatic carbocycles. The Kier molecular flexibility index (Phi) is 4.81. The zero-order chi connectivity index (χ0) is 19.5. The van der Waals surface area contributed by atoms with Crippen LogP contribution in [0.3, 0.4) is 0 Å². The summed E-state index contributed by atoms with van der Waals surface area (Å²) in [5.74, 6) is 0.895. The normalized spacial score (nSPS) is 13.1. The molecule has 1 aliphatic heterocycles. The number of benzene rings is 3. The van der Waals surface area contributed by atoms with E-state index in [1.165, 1.54) is 6.08 Å². The molecule has 3 aromatic rings. The highest BCUT2D eigenvalue weighted by molar-refractivity contribution is 6.09. The number of hydrogen-bond donors (Lipinski definition) is 1. The number of carbonyl (C=O) groups excluding carboxylic acids is 2. The molecule has 0 spiro atoms. The smallest absolute Gasteiger partial charge is 0.262 e. The number of ether oxygens (including phenoxy) is 2. The van der Waals surface area contributed by atoms with Gasteiger partial charge in [0.05, 0.1) is 12.3 Å². The minimum atomic E-state index is -0.232. The van der Waals surface area contributed by atoms with Crippen LogP contribution in [-0.2, 0) is 4.79 Å². The van der Waals surface area contributed by atoms with E-state index in [2.05, 4.69) is 5.32 Å². The third-order valence-electron chi connectivity index (χ3n) is 4.53. The number of carbonyl (C=O) groups is 2. The average molecular weight is 373 g/mol. The van der Waals surface area contributed by atoms with Gasteiger partial charge in [-0.2, -0.15) is 0 Å². The van der Waals surface area contributed by atoms with E-state index in [0.717, 1.165) is 22.1 Å². The van der Waals surface area contributed by atoms with Gasteiger partial charge in [0.25, 0.3) is 5.91 Å². The minimum Gasteiger partial charge on any atom is -0.493 e. The lowest BCUT2D eigenvalue weighted by atomic mass is 10.0. The van der Waals surface area contributed by atoms with Crippen LogP contribution in [0.1, 0.15) is 22.8 Å². The Hall–Kier alpha value is -3.60. The molecule has 1 N–H and O–H groups in total. The van der Waals surface area contributed by atoms with Crippen molar-refractivity contribution >= 4 is 34.2 Å². The molecule has 140 valence electrons. The van der Waals surface area contributed by atoms with Crippen molar-refractivity contribution in [1.82, 2.24) is 0 Å². The van der Waals surface area contributed by atoms with Gasteiger partial charge in [0, 0.05) is 11.1 Å². The van der Waals surface area contributed by atoms with E-state index < -0.39 is 0 Å². The number of nitrogens with one attached hydrogen (secondary N) is 1. The summed E-state index contributed by atoms with van der Waals surface area (Å²) in [6, 6.07) is 16.9. The van der Waals surface area contributed by atoms with E-state index in [0.29, 0.717) is 23.6 Å². The summed E-state index contributed by atoms with van der Waals surface area (Å²) in [6.45, 7) is 2.45. The van der Waals surface area contributed by atoms with Crippen molar-refractivity contribution in [3.8, 4) is 11.5 Å². The molecule has 3 aromatic carbocycles. The fourth-order valence-electron chi connectivity index (χ4n) is 3.22. The monoisotopic (exact) mass is 373 g/mol. The Morgan fingerprint density at radius 2 is 2.04 bits per heavy atom. The van der Waals surface area contributed by atoms with Gasteiger partial charge >= 0.3 is 0 Å². The summed E-state index contributed by atoms with van der Waals surface area (Å²) in [5.41, 5.74) is 1.84. The lowest BCUT2D eigenvalue weighted by molar-refractivity contribution is -0.118. The summed E-state index contributed by atoms with van der Waals surface area (Å²) in [6.07, 6.45) is 3.31. The van der Waals surface area contributed by atoms with Gasteiger partial charge in [-0.25, -0.2) is 0 Å². The molecule has 0 atom stereocenters. The quantitative estimate of drug-likeness (QED) is 0.530. The Morgan fingerprint density at radius 3 is 2.89 bits per heavy atom. The van der Waals surface area contributed by atoms with Crippen molar-refractivity contribution in [2.45, 2.75) is 6.92 Å². The molecule has 0 saturated carbocycles. The first kappa shape index (κ1) is 17.8. The van der Waals surface area contributed by atoms with Gasteiger partial charge in [-0.05, 0) is 54.1 Å². The summed E-state index contributed by atoms with van der Waals surface area (Å²) >= 11 is 0. The molecule has 1 amide bonds. The summed E-state index contributed by atoms with van der Waals surface area (Å²) in [7, 11) is 0. The van der Waals surface area contributed by atoms with Crippen molar-refractivity contribution in [3.63, 3.8) is 0 Å². The van der Waals surface area contributed by atoms with Crippen molar-refractivity contribution < 1.29 is 19.1 Å². The summed E-state index contributed by atoms with van der Waals surface area (Å²) < 4.78 is 11.1. The van der Waals surface area contributed by atoms with E-state index in [4.69, 9.17) is 9.47 Å². The first-order valence-electron chi connectivity index (χ1n) is 9.09. The second kappa shape index (κ2) is 7.56. The van der Waals surface area contributed by atoms with Gasteiger partial charge in [0.15, 0.2) is 12.4 Å². The molecule has 0 radical (unpaired) electrons. The molecule has 0 fully saturated rings. The molecule has 0 unspecified atom stereocenters. The van der Waals surface area contributed by atoms with Crippen molar-refractivity contribution in [1.29, 1.82) is 0 Å². The number of fused-ring (bicyclic) bond motifs is 2. The van der Waals surface area contributed by atoms with Crippen LogP contribution in [0, 0.1) is 0 Å². The Morgan fingerprint density at radius 1 is 1.18 bits per heavy atom. The van der Waals surface area contributed by atoms with Crippen LogP contribution in [0.4, 0.5) is 5.69 Å². The van der Waals surface area contributed by atoms with Crippen LogP contribution in [0.2, 0.25) is 0 Å². The lowest BCUT2D eigenvalue weighted by Gasteiger charge is -2.18. The predicted octanol–water partition coefficient (Wildman–Crippen LogP) is 4.47. The molecule has 0 bridgehead atoms. The number of hydrogen-bond acceptors (Lipinski definition) is 4. The van der Waals surface area contributed by atoms with Crippen molar-refractivity contribution in [2.75, 3.05) is 18.5 Å². The van der Waals surface area contributed by atoms with Gasteiger partial charge in [0.1, 0.15) is 11.5 Å². The highest BCUT2D eigenvalue weighted by Crippen LogP contribution is 2.31. The van der Waals surface area contributed by atoms with E-state index in [1.54, 1.807) is 24.3 Å². The highest BCUT2D eigenvalue weighted by Gasteiger charge is 2.17. The van der Waals surface area contributed by atoms with Crippen LogP contribution in [-0.4, -0.2) is 24.9 Å². The predicted molar refractivity (Wildman–Crippen MR) is 109 cm³/mol. The van der Waals surface area contributed by atoms with E-state index in [9.17, 15) is 9.59 Å². The number of ketones is 1. The van der Waals surface area contributed by atoms with Crippen LogP contribution in [0.15, 0.2) is 60.7 Å². The van der Waals surface area contributed by atoms with Gasteiger partial charge < -0.3 is 14.8 Å². The molecule has 5 heteroatoms. The number of amides is 1. The molecule has 28 heavy (non-hydrogen) atoms. The first-order valence-corrected chi connectivity index (χ1v) is 9.09. The Labute approximate surface area is 162 Å². The topological polar surface area (TPSA) is 64.6 Å². The number of allylic oxidation sites excluding steroid dienone is 1. The van der Waals surface area contributed by atoms with Gasteiger partial charge in [-0.3, -0.25) is 9.59 Å². The van der Waals surface area contributed by atoms with E-state index in [1.807, 2.05) is 43.3 Å². The molecular formula is C23H19NO4. The molecule has 5 nitrogen and oxygen atoms in total.